The lowest BCUT2D eigenvalue weighted by molar-refractivity contribution is 0.0479. The monoisotopic (exact) mass is 214 g/mol. The predicted molar refractivity (Wildman–Crippen MR) is 59.6 cm³/mol. The van der Waals surface area contributed by atoms with E-state index in [1.165, 1.54) is 6.42 Å². The molecule has 0 aromatic carbocycles. The predicted octanol–water partition coefficient (Wildman–Crippen LogP) is 2.00. The molecular weight excluding hydrogens is 192 g/mol. The fraction of sp³-hybridized carbons (Fsp3) is 0.909. The van der Waals surface area contributed by atoms with Gasteiger partial charge in [0.15, 0.2) is 0 Å². The second-order valence-corrected chi connectivity index (χ2v) is 5.20. The van der Waals surface area contributed by atoms with Crippen LogP contribution in [0.2, 0.25) is 0 Å². The Morgan fingerprint density at radius 1 is 1.40 bits per heavy atom. The lowest BCUT2D eigenvalue weighted by Crippen LogP contribution is -2.52. The van der Waals surface area contributed by atoms with Crippen molar-refractivity contribution in [3.8, 4) is 0 Å². The van der Waals surface area contributed by atoms with E-state index in [1.807, 2.05) is 20.8 Å². The van der Waals surface area contributed by atoms with Crippen molar-refractivity contribution in [3.05, 3.63) is 0 Å². The van der Waals surface area contributed by atoms with Crippen molar-refractivity contribution < 1.29 is 9.53 Å². The Balaban J connectivity index is 2.31. The number of amides is 1. The zero-order valence-corrected chi connectivity index (χ0v) is 10.1. The maximum atomic E-state index is 11.5. The zero-order chi connectivity index (χ0) is 11.5. The summed E-state index contributed by atoms with van der Waals surface area (Å²) in [5.41, 5.74) is -0.426. The number of rotatable bonds is 1. The maximum Gasteiger partial charge on any atom is 0.408 e. The summed E-state index contributed by atoms with van der Waals surface area (Å²) in [6, 6.07) is 0.471. The number of hydrogen-bond donors (Lipinski definition) is 2. The molecule has 1 saturated heterocycles. The molecule has 1 amide bonds. The summed E-state index contributed by atoms with van der Waals surface area (Å²) < 4.78 is 5.19. The van der Waals surface area contributed by atoms with Gasteiger partial charge in [0.05, 0.1) is 6.17 Å². The van der Waals surface area contributed by atoms with E-state index in [2.05, 4.69) is 17.6 Å². The first-order chi connectivity index (χ1) is 6.87. The highest BCUT2D eigenvalue weighted by atomic mass is 16.6. The van der Waals surface area contributed by atoms with Crippen LogP contribution < -0.4 is 10.6 Å². The lowest BCUT2D eigenvalue weighted by atomic mass is 10.0. The van der Waals surface area contributed by atoms with E-state index in [-0.39, 0.29) is 12.3 Å². The van der Waals surface area contributed by atoms with E-state index in [1.54, 1.807) is 0 Å². The van der Waals surface area contributed by atoms with E-state index in [9.17, 15) is 4.79 Å². The van der Waals surface area contributed by atoms with Crippen molar-refractivity contribution in [3.63, 3.8) is 0 Å². The van der Waals surface area contributed by atoms with Crippen LogP contribution in [0.1, 0.15) is 47.0 Å². The molecule has 4 nitrogen and oxygen atoms in total. The molecule has 1 fully saturated rings. The Bertz CT molecular complexity index is 223. The third-order valence-electron chi connectivity index (χ3n) is 2.31. The summed E-state index contributed by atoms with van der Waals surface area (Å²) in [5, 5.41) is 6.15. The Morgan fingerprint density at radius 3 is 2.60 bits per heavy atom. The molecule has 0 radical (unpaired) electrons. The van der Waals surface area contributed by atoms with E-state index in [0.717, 1.165) is 12.8 Å². The fourth-order valence-corrected chi connectivity index (χ4v) is 1.70. The van der Waals surface area contributed by atoms with E-state index in [0.29, 0.717) is 6.04 Å². The van der Waals surface area contributed by atoms with Gasteiger partial charge in [0.2, 0.25) is 0 Å². The van der Waals surface area contributed by atoms with Gasteiger partial charge < -0.3 is 10.1 Å². The van der Waals surface area contributed by atoms with Crippen LogP contribution in [0.4, 0.5) is 4.79 Å². The van der Waals surface area contributed by atoms with Gasteiger partial charge in [-0.3, -0.25) is 5.32 Å². The van der Waals surface area contributed by atoms with Gasteiger partial charge in [0, 0.05) is 6.04 Å². The number of piperidine rings is 1. The zero-order valence-electron chi connectivity index (χ0n) is 10.1. The molecule has 0 aliphatic carbocycles. The van der Waals surface area contributed by atoms with Crippen molar-refractivity contribution in [1.29, 1.82) is 0 Å². The fourth-order valence-electron chi connectivity index (χ4n) is 1.70. The summed E-state index contributed by atoms with van der Waals surface area (Å²) in [5.74, 6) is 0. The van der Waals surface area contributed by atoms with Crippen LogP contribution in [-0.2, 0) is 4.74 Å². The number of ether oxygens (including phenoxy) is 1. The normalized spacial score (nSPS) is 27.2. The van der Waals surface area contributed by atoms with Gasteiger partial charge in [-0.1, -0.05) is 0 Å². The minimum Gasteiger partial charge on any atom is -0.444 e. The van der Waals surface area contributed by atoms with Gasteiger partial charge in [0.25, 0.3) is 0 Å². The highest BCUT2D eigenvalue weighted by molar-refractivity contribution is 5.68. The molecule has 1 heterocycles. The Morgan fingerprint density at radius 2 is 2.07 bits per heavy atom. The van der Waals surface area contributed by atoms with Gasteiger partial charge in [-0.05, 0) is 47.0 Å². The summed E-state index contributed by atoms with van der Waals surface area (Å²) >= 11 is 0. The first-order valence-electron chi connectivity index (χ1n) is 5.62. The summed E-state index contributed by atoms with van der Waals surface area (Å²) in [6.45, 7) is 7.72. The molecule has 88 valence electrons. The van der Waals surface area contributed by atoms with Crippen molar-refractivity contribution >= 4 is 6.09 Å². The standard InChI is InChI=1S/C11H22N2O2/c1-8-6-5-7-9(12-8)13-10(14)15-11(2,3)4/h8-9,12H,5-7H2,1-4H3,(H,13,14). The number of hydrogen-bond acceptors (Lipinski definition) is 3. The Hall–Kier alpha value is -0.770. The van der Waals surface area contributed by atoms with Crippen LogP contribution in [0, 0.1) is 0 Å². The number of carbonyl (C=O) groups excluding carboxylic acids is 1. The molecule has 4 heteroatoms. The summed E-state index contributed by atoms with van der Waals surface area (Å²) in [4.78, 5) is 11.5. The largest absolute Gasteiger partial charge is 0.444 e. The van der Waals surface area contributed by atoms with Crippen molar-refractivity contribution in [2.24, 2.45) is 0 Å². The molecule has 2 atom stereocenters. The van der Waals surface area contributed by atoms with Crippen LogP contribution in [-0.4, -0.2) is 23.9 Å². The van der Waals surface area contributed by atoms with Crippen LogP contribution in [0.5, 0.6) is 0 Å². The van der Waals surface area contributed by atoms with Crippen molar-refractivity contribution in [2.75, 3.05) is 0 Å². The molecule has 0 bridgehead atoms. The third kappa shape index (κ3) is 5.02. The molecule has 0 aromatic heterocycles. The molecule has 0 spiro atoms. The Labute approximate surface area is 91.8 Å². The average Bonchev–Trinajstić information content (AvgIpc) is 1.99. The average molecular weight is 214 g/mol. The van der Waals surface area contributed by atoms with E-state index < -0.39 is 5.60 Å². The summed E-state index contributed by atoms with van der Waals surface area (Å²) in [7, 11) is 0. The molecule has 1 rings (SSSR count). The van der Waals surface area contributed by atoms with Crippen LogP contribution in [0.15, 0.2) is 0 Å². The molecule has 1 aliphatic rings. The van der Waals surface area contributed by atoms with Gasteiger partial charge >= 0.3 is 6.09 Å². The number of nitrogens with one attached hydrogen (secondary N) is 2. The van der Waals surface area contributed by atoms with E-state index >= 15 is 0 Å². The first-order valence-corrected chi connectivity index (χ1v) is 5.62. The van der Waals surface area contributed by atoms with E-state index in [4.69, 9.17) is 4.74 Å². The smallest absolute Gasteiger partial charge is 0.408 e. The second-order valence-electron chi connectivity index (χ2n) is 5.20. The van der Waals surface area contributed by atoms with Crippen LogP contribution in [0.25, 0.3) is 0 Å². The van der Waals surface area contributed by atoms with Crippen LogP contribution in [0.3, 0.4) is 0 Å². The van der Waals surface area contributed by atoms with Gasteiger partial charge in [-0.25, -0.2) is 4.79 Å². The third-order valence-corrected chi connectivity index (χ3v) is 2.31. The molecule has 15 heavy (non-hydrogen) atoms. The molecule has 2 unspecified atom stereocenters. The lowest BCUT2D eigenvalue weighted by Gasteiger charge is -2.30. The van der Waals surface area contributed by atoms with Crippen molar-refractivity contribution in [1.82, 2.24) is 10.6 Å². The topological polar surface area (TPSA) is 50.4 Å². The molecule has 0 aromatic rings. The molecule has 1 aliphatic heterocycles. The van der Waals surface area contributed by atoms with Crippen LogP contribution >= 0.6 is 0 Å². The maximum absolute atomic E-state index is 11.5. The number of carbonyl (C=O) groups is 1. The molecule has 0 saturated carbocycles. The van der Waals surface area contributed by atoms with Gasteiger partial charge in [-0.2, -0.15) is 0 Å². The van der Waals surface area contributed by atoms with Crippen molar-refractivity contribution in [2.45, 2.75) is 64.8 Å². The minimum absolute atomic E-state index is 0.0589. The molecule has 2 N–H and O–H groups in total. The highest BCUT2D eigenvalue weighted by Gasteiger charge is 2.22. The number of alkyl carbamates (subject to hydrolysis) is 1. The second kappa shape index (κ2) is 4.84. The quantitative estimate of drug-likeness (QED) is 0.702. The minimum atomic E-state index is -0.426. The Kier molecular flexibility index (Phi) is 3.97. The van der Waals surface area contributed by atoms with Gasteiger partial charge in [0.1, 0.15) is 5.60 Å². The first kappa shape index (κ1) is 12.3. The summed E-state index contributed by atoms with van der Waals surface area (Å²) in [6.07, 6.45) is 3.02. The van der Waals surface area contributed by atoms with Gasteiger partial charge in [-0.15, -0.1) is 0 Å². The highest BCUT2D eigenvalue weighted by Crippen LogP contribution is 2.12. The SMILES string of the molecule is CC1CCCC(NC(=O)OC(C)(C)C)N1. The molecular formula is C11H22N2O2.